The highest BCUT2D eigenvalue weighted by Crippen LogP contribution is 2.38. The number of nitrogens with zero attached hydrogens (tertiary/aromatic N) is 3. The van der Waals surface area contributed by atoms with E-state index in [0.717, 1.165) is 0 Å². The minimum absolute atomic E-state index is 0.118. The third-order valence-corrected chi connectivity index (χ3v) is 5.97. The molecule has 2 aromatic heterocycles. The van der Waals surface area contributed by atoms with Gasteiger partial charge >= 0.3 is 12.2 Å². The number of aliphatic hydroxyl groups is 1. The molecule has 0 bridgehead atoms. The molecule has 0 atom stereocenters. The van der Waals surface area contributed by atoms with Crippen LogP contribution < -0.4 is 15.5 Å². The summed E-state index contributed by atoms with van der Waals surface area (Å²) < 4.78 is 39.6. The zero-order valence-corrected chi connectivity index (χ0v) is 17.9. The molecule has 12 heteroatoms. The molecule has 0 spiro atoms. The zero-order valence-electron chi connectivity index (χ0n) is 16.4. The van der Waals surface area contributed by atoms with Crippen molar-refractivity contribution in [2.45, 2.75) is 18.8 Å². The van der Waals surface area contributed by atoms with Gasteiger partial charge in [0.05, 0.1) is 35.1 Å². The van der Waals surface area contributed by atoms with Gasteiger partial charge in [-0.1, -0.05) is 23.7 Å². The summed E-state index contributed by atoms with van der Waals surface area (Å²) in [4.78, 5) is 22.4. The van der Waals surface area contributed by atoms with Crippen molar-refractivity contribution in [3.63, 3.8) is 0 Å². The number of halogens is 4. The maximum Gasteiger partial charge on any atom is 0.443 e. The summed E-state index contributed by atoms with van der Waals surface area (Å²) in [7, 11) is 0. The standard InChI is InChI=1S/C20H17ClF3N5O2S/c21-12-3-1-2-11(6-12)17-15(32-18(28-17)20(22,23)24)8-26-19(31)27-13-4-5-16(25-7-13)29-9-14(30)10-29/h1-7,14,30H,8-10H2,(H2,26,27,31). The Hall–Kier alpha value is -2.89. The first kappa shape index (κ1) is 22.3. The molecule has 0 radical (unpaired) electrons. The number of urea groups is 1. The summed E-state index contributed by atoms with van der Waals surface area (Å²) in [5.41, 5.74) is 0.966. The molecule has 3 heterocycles. The zero-order chi connectivity index (χ0) is 22.9. The number of nitrogens with one attached hydrogen (secondary N) is 2. The molecule has 3 N–H and O–H groups in total. The van der Waals surface area contributed by atoms with Gasteiger partial charge in [0.25, 0.3) is 0 Å². The van der Waals surface area contributed by atoms with Crippen molar-refractivity contribution in [2.24, 2.45) is 0 Å². The van der Waals surface area contributed by atoms with Crippen LogP contribution in [0.2, 0.25) is 5.02 Å². The molecule has 1 fully saturated rings. The Morgan fingerprint density at radius 1 is 1.28 bits per heavy atom. The average molecular weight is 484 g/mol. The highest BCUT2D eigenvalue weighted by Gasteiger charge is 2.36. The van der Waals surface area contributed by atoms with Gasteiger partial charge in [-0.15, -0.1) is 11.3 Å². The van der Waals surface area contributed by atoms with Crippen molar-refractivity contribution in [2.75, 3.05) is 23.3 Å². The molecule has 1 aliphatic heterocycles. The van der Waals surface area contributed by atoms with Gasteiger partial charge in [-0.2, -0.15) is 13.2 Å². The van der Waals surface area contributed by atoms with E-state index in [1.807, 2.05) is 4.90 Å². The Morgan fingerprint density at radius 3 is 2.69 bits per heavy atom. The van der Waals surface area contributed by atoms with Crippen molar-refractivity contribution < 1.29 is 23.1 Å². The van der Waals surface area contributed by atoms with Crippen LogP contribution in [0.5, 0.6) is 0 Å². The second-order valence-corrected chi connectivity index (χ2v) is 8.59. The van der Waals surface area contributed by atoms with Crippen LogP contribution in [0.1, 0.15) is 9.88 Å². The second kappa shape index (κ2) is 8.93. The van der Waals surface area contributed by atoms with Gasteiger partial charge in [0, 0.05) is 23.7 Å². The van der Waals surface area contributed by atoms with Crippen molar-refractivity contribution in [3.05, 3.63) is 57.5 Å². The van der Waals surface area contributed by atoms with Gasteiger partial charge in [0.1, 0.15) is 5.82 Å². The largest absolute Gasteiger partial charge is 0.443 e. The summed E-state index contributed by atoms with van der Waals surface area (Å²) in [6.07, 6.45) is -3.49. The Bertz CT molecular complexity index is 1120. The topological polar surface area (TPSA) is 90.4 Å². The molecule has 3 aromatic rings. The van der Waals surface area contributed by atoms with Crippen LogP contribution in [0.15, 0.2) is 42.6 Å². The molecule has 0 saturated carbocycles. The summed E-state index contributed by atoms with van der Waals surface area (Å²) in [5.74, 6) is 0.678. The molecule has 2 amide bonds. The number of aromatic nitrogens is 2. The first-order chi connectivity index (χ1) is 15.2. The van der Waals surface area contributed by atoms with E-state index in [0.29, 0.717) is 46.5 Å². The highest BCUT2D eigenvalue weighted by molar-refractivity contribution is 7.12. The summed E-state index contributed by atoms with van der Waals surface area (Å²) in [6.45, 7) is 0.854. The minimum atomic E-state index is -4.60. The van der Waals surface area contributed by atoms with E-state index in [-0.39, 0.29) is 23.2 Å². The number of aliphatic hydroxyl groups excluding tert-OH is 1. The first-order valence-electron chi connectivity index (χ1n) is 9.46. The fourth-order valence-corrected chi connectivity index (χ4v) is 4.16. The van der Waals surface area contributed by atoms with Crippen molar-refractivity contribution in [1.29, 1.82) is 0 Å². The van der Waals surface area contributed by atoms with E-state index in [4.69, 9.17) is 11.6 Å². The molecule has 32 heavy (non-hydrogen) atoms. The molecule has 0 aliphatic carbocycles. The summed E-state index contributed by atoms with van der Waals surface area (Å²) in [6, 6.07) is 9.11. The van der Waals surface area contributed by atoms with Gasteiger partial charge in [-0.25, -0.2) is 14.8 Å². The van der Waals surface area contributed by atoms with Crippen LogP contribution in [0.3, 0.4) is 0 Å². The lowest BCUT2D eigenvalue weighted by Crippen LogP contribution is -2.51. The number of carbonyl (C=O) groups excluding carboxylic acids is 1. The Morgan fingerprint density at radius 2 is 2.06 bits per heavy atom. The molecule has 7 nitrogen and oxygen atoms in total. The number of thiazole rings is 1. The molecular formula is C20H17ClF3N5O2S. The van der Waals surface area contributed by atoms with Crippen LogP contribution in [-0.4, -0.2) is 40.3 Å². The SMILES string of the molecule is O=C(NCc1sc(C(F)(F)F)nc1-c1cccc(Cl)c1)Nc1ccc(N2CC(O)C2)nc1. The number of β-amino-alcohol motifs (C(OH)–C–C–N with tert-alkyl or cyclic N) is 1. The van der Waals surface area contributed by atoms with Crippen LogP contribution in [0.4, 0.5) is 29.5 Å². The van der Waals surface area contributed by atoms with E-state index in [1.165, 1.54) is 12.3 Å². The lowest BCUT2D eigenvalue weighted by molar-refractivity contribution is -0.137. The number of hydrogen-bond donors (Lipinski definition) is 3. The van der Waals surface area contributed by atoms with Crippen molar-refractivity contribution in [3.8, 4) is 11.3 Å². The second-order valence-electron chi connectivity index (χ2n) is 7.07. The van der Waals surface area contributed by atoms with E-state index in [1.54, 1.807) is 30.3 Å². The predicted octanol–water partition coefficient (Wildman–Crippen LogP) is 4.38. The monoisotopic (exact) mass is 483 g/mol. The van der Waals surface area contributed by atoms with Crippen molar-refractivity contribution in [1.82, 2.24) is 15.3 Å². The number of anilines is 2. The Labute approximate surface area is 189 Å². The smallest absolute Gasteiger partial charge is 0.389 e. The lowest BCUT2D eigenvalue weighted by Gasteiger charge is -2.36. The fraction of sp³-hybridized carbons (Fsp3) is 0.250. The molecule has 0 unspecified atom stereocenters. The van der Waals surface area contributed by atoms with Crippen LogP contribution in [0.25, 0.3) is 11.3 Å². The van der Waals surface area contributed by atoms with Crippen LogP contribution >= 0.6 is 22.9 Å². The molecule has 168 valence electrons. The number of benzene rings is 1. The maximum atomic E-state index is 13.2. The Balaban J connectivity index is 1.43. The molecule has 1 aliphatic rings. The number of amides is 2. The van der Waals surface area contributed by atoms with Crippen LogP contribution in [-0.2, 0) is 12.7 Å². The van der Waals surface area contributed by atoms with Gasteiger partial charge in [-0.05, 0) is 24.3 Å². The predicted molar refractivity (Wildman–Crippen MR) is 116 cm³/mol. The molecule has 4 rings (SSSR count). The normalized spacial score (nSPS) is 14.2. The first-order valence-corrected chi connectivity index (χ1v) is 10.7. The third-order valence-electron chi connectivity index (χ3n) is 4.64. The number of rotatable bonds is 5. The lowest BCUT2D eigenvalue weighted by atomic mass is 10.1. The number of carbonyl (C=O) groups is 1. The van der Waals surface area contributed by atoms with E-state index >= 15 is 0 Å². The van der Waals surface area contributed by atoms with Gasteiger partial charge in [-0.3, -0.25) is 0 Å². The van der Waals surface area contributed by atoms with E-state index in [2.05, 4.69) is 20.6 Å². The quantitative estimate of drug-likeness (QED) is 0.501. The molecular weight excluding hydrogens is 467 g/mol. The fourth-order valence-electron chi connectivity index (χ4n) is 3.08. The molecule has 1 saturated heterocycles. The number of pyridine rings is 1. The Kier molecular flexibility index (Phi) is 6.22. The summed E-state index contributed by atoms with van der Waals surface area (Å²) >= 11 is 6.43. The van der Waals surface area contributed by atoms with Crippen molar-refractivity contribution >= 4 is 40.5 Å². The number of hydrogen-bond acceptors (Lipinski definition) is 6. The third kappa shape index (κ3) is 5.12. The highest BCUT2D eigenvalue weighted by atomic mass is 35.5. The number of alkyl halides is 3. The van der Waals surface area contributed by atoms with Crippen LogP contribution in [0, 0.1) is 0 Å². The maximum absolute atomic E-state index is 13.2. The van der Waals surface area contributed by atoms with Gasteiger partial charge < -0.3 is 20.6 Å². The molecule has 1 aromatic carbocycles. The van der Waals surface area contributed by atoms with E-state index < -0.39 is 17.2 Å². The summed E-state index contributed by atoms with van der Waals surface area (Å²) in [5, 5.41) is 13.9. The van der Waals surface area contributed by atoms with Gasteiger partial charge in [0.15, 0.2) is 5.01 Å². The minimum Gasteiger partial charge on any atom is -0.389 e. The van der Waals surface area contributed by atoms with E-state index in [9.17, 15) is 23.1 Å². The van der Waals surface area contributed by atoms with Gasteiger partial charge in [0.2, 0.25) is 0 Å². The average Bonchev–Trinajstić information content (AvgIpc) is 3.16.